The first-order chi connectivity index (χ1) is 10.1. The van der Waals surface area contributed by atoms with E-state index in [0.29, 0.717) is 19.8 Å². The lowest BCUT2D eigenvalue weighted by atomic mass is 9.78. The Bertz CT molecular complexity index is 439. The van der Waals surface area contributed by atoms with Gasteiger partial charge in [-0.15, -0.1) is 0 Å². The second-order valence-corrected chi connectivity index (χ2v) is 6.48. The van der Waals surface area contributed by atoms with Crippen molar-refractivity contribution >= 4 is 15.9 Å². The number of nitrogens with two attached hydrogens (primary N) is 1. The van der Waals surface area contributed by atoms with Crippen LogP contribution in [0.25, 0.3) is 0 Å². The molecule has 0 aromatic carbocycles. The second-order valence-electron chi connectivity index (χ2n) is 5.63. The summed E-state index contributed by atoms with van der Waals surface area (Å²) in [6, 6.07) is -0.175. The highest BCUT2D eigenvalue weighted by Crippen LogP contribution is 2.41. The van der Waals surface area contributed by atoms with Gasteiger partial charge in [-0.1, -0.05) is 19.3 Å². The van der Waals surface area contributed by atoms with E-state index in [1.807, 2.05) is 17.8 Å². The van der Waals surface area contributed by atoms with E-state index in [-0.39, 0.29) is 11.6 Å². The van der Waals surface area contributed by atoms with Gasteiger partial charge in [-0.05, 0) is 35.7 Å². The molecule has 1 unspecified atom stereocenters. The number of nitrogens with zero attached hydrogens (tertiary/aromatic N) is 2. The van der Waals surface area contributed by atoms with Crippen molar-refractivity contribution in [2.24, 2.45) is 5.73 Å². The second kappa shape index (κ2) is 7.72. The van der Waals surface area contributed by atoms with Crippen LogP contribution in [0, 0.1) is 0 Å². The van der Waals surface area contributed by atoms with E-state index in [9.17, 15) is 0 Å². The van der Waals surface area contributed by atoms with Gasteiger partial charge in [0, 0.05) is 13.7 Å². The molecule has 2 N–H and O–H groups in total. The third-order valence-electron chi connectivity index (χ3n) is 4.33. The molecule has 1 saturated carbocycles. The monoisotopic (exact) mass is 359 g/mol. The zero-order chi connectivity index (χ0) is 15.3. The molecule has 1 atom stereocenters. The van der Waals surface area contributed by atoms with Crippen LogP contribution < -0.4 is 5.73 Å². The van der Waals surface area contributed by atoms with Crippen LogP contribution in [0.3, 0.4) is 0 Å². The van der Waals surface area contributed by atoms with Gasteiger partial charge in [-0.25, -0.2) is 0 Å². The summed E-state index contributed by atoms with van der Waals surface area (Å²) >= 11 is 3.59. The summed E-state index contributed by atoms with van der Waals surface area (Å²) in [6.45, 7) is 4.06. The van der Waals surface area contributed by atoms with Gasteiger partial charge in [-0.2, -0.15) is 5.10 Å². The Morgan fingerprint density at radius 1 is 1.43 bits per heavy atom. The van der Waals surface area contributed by atoms with E-state index in [1.54, 1.807) is 7.11 Å². The van der Waals surface area contributed by atoms with E-state index < -0.39 is 0 Å². The fraction of sp³-hybridized carbons (Fsp3) is 0.800. The van der Waals surface area contributed by atoms with Crippen molar-refractivity contribution in [1.29, 1.82) is 0 Å². The maximum atomic E-state index is 6.65. The summed E-state index contributed by atoms with van der Waals surface area (Å²) in [7, 11) is 1.70. The van der Waals surface area contributed by atoms with Crippen LogP contribution in [0.2, 0.25) is 0 Å². The molecular weight excluding hydrogens is 334 g/mol. The number of halogens is 1. The van der Waals surface area contributed by atoms with E-state index in [4.69, 9.17) is 15.2 Å². The number of methoxy groups -OCH3 is 1. The molecule has 21 heavy (non-hydrogen) atoms. The first-order valence-corrected chi connectivity index (χ1v) is 8.53. The minimum atomic E-state index is -0.264. The summed E-state index contributed by atoms with van der Waals surface area (Å²) in [5.41, 5.74) is 7.40. The fourth-order valence-electron chi connectivity index (χ4n) is 3.27. The summed E-state index contributed by atoms with van der Waals surface area (Å²) < 4.78 is 14.2. The lowest BCUT2D eigenvalue weighted by Gasteiger charge is -2.41. The van der Waals surface area contributed by atoms with Gasteiger partial charge in [0.05, 0.1) is 41.2 Å². The van der Waals surface area contributed by atoms with Crippen LogP contribution in [0.1, 0.15) is 50.8 Å². The Hall–Kier alpha value is -0.430. The van der Waals surface area contributed by atoms with Crippen molar-refractivity contribution in [3.05, 3.63) is 16.4 Å². The maximum absolute atomic E-state index is 6.65. The van der Waals surface area contributed by atoms with Gasteiger partial charge in [0.2, 0.25) is 0 Å². The molecule has 1 aromatic heterocycles. The largest absolute Gasteiger partial charge is 0.383 e. The van der Waals surface area contributed by atoms with Crippen molar-refractivity contribution in [2.75, 3.05) is 20.3 Å². The molecule has 0 bridgehead atoms. The molecule has 1 aromatic rings. The fourth-order valence-corrected chi connectivity index (χ4v) is 3.81. The first-order valence-electron chi connectivity index (χ1n) is 7.74. The zero-order valence-electron chi connectivity index (χ0n) is 13.0. The highest BCUT2D eigenvalue weighted by Gasteiger charge is 2.41. The van der Waals surface area contributed by atoms with Crippen LogP contribution in [0.15, 0.2) is 10.7 Å². The van der Waals surface area contributed by atoms with Crippen LogP contribution in [0.5, 0.6) is 0 Å². The summed E-state index contributed by atoms with van der Waals surface area (Å²) in [4.78, 5) is 0. The summed E-state index contributed by atoms with van der Waals surface area (Å²) in [6.07, 6.45) is 7.47. The van der Waals surface area contributed by atoms with Crippen LogP contribution in [-0.4, -0.2) is 35.7 Å². The number of hydrogen-bond donors (Lipinski definition) is 1. The third kappa shape index (κ3) is 3.67. The molecule has 1 aliphatic carbocycles. The van der Waals surface area contributed by atoms with Crippen LogP contribution >= 0.6 is 15.9 Å². The molecule has 0 saturated heterocycles. The van der Waals surface area contributed by atoms with Gasteiger partial charge in [0.25, 0.3) is 0 Å². The topological polar surface area (TPSA) is 62.3 Å². The van der Waals surface area contributed by atoms with Gasteiger partial charge in [0.15, 0.2) is 0 Å². The predicted octanol–water partition coefficient (Wildman–Crippen LogP) is 3.03. The van der Waals surface area contributed by atoms with Crippen molar-refractivity contribution in [1.82, 2.24) is 9.78 Å². The van der Waals surface area contributed by atoms with E-state index >= 15 is 0 Å². The molecule has 0 spiro atoms. The average molecular weight is 360 g/mol. The highest BCUT2D eigenvalue weighted by molar-refractivity contribution is 9.10. The predicted molar refractivity (Wildman–Crippen MR) is 86.2 cm³/mol. The Morgan fingerprint density at radius 3 is 2.76 bits per heavy atom. The van der Waals surface area contributed by atoms with Gasteiger partial charge in [-0.3, -0.25) is 4.68 Å². The Labute approximate surface area is 135 Å². The summed E-state index contributed by atoms with van der Waals surface area (Å²) in [5.74, 6) is 0. The number of aromatic nitrogens is 2. The Morgan fingerprint density at radius 2 is 2.14 bits per heavy atom. The molecule has 1 fully saturated rings. The molecule has 0 aliphatic heterocycles. The molecule has 5 nitrogen and oxygen atoms in total. The minimum Gasteiger partial charge on any atom is -0.383 e. The molecule has 120 valence electrons. The molecule has 6 heteroatoms. The van der Waals surface area contributed by atoms with Crippen molar-refractivity contribution in [3.63, 3.8) is 0 Å². The van der Waals surface area contributed by atoms with Crippen molar-refractivity contribution in [3.8, 4) is 0 Å². The van der Waals surface area contributed by atoms with Crippen LogP contribution in [-0.2, 0) is 16.0 Å². The Kier molecular flexibility index (Phi) is 6.22. The molecular formula is C15H26BrN3O2. The first kappa shape index (κ1) is 16.9. The van der Waals surface area contributed by atoms with Crippen molar-refractivity contribution < 1.29 is 9.47 Å². The summed E-state index contributed by atoms with van der Waals surface area (Å²) in [5, 5.41) is 4.41. The molecule has 1 heterocycles. The van der Waals surface area contributed by atoms with Gasteiger partial charge >= 0.3 is 0 Å². The number of ether oxygens (including phenoxy) is 2. The number of rotatable bonds is 7. The minimum absolute atomic E-state index is 0.175. The smallest absolute Gasteiger partial charge is 0.0889 e. The zero-order valence-corrected chi connectivity index (χ0v) is 14.6. The van der Waals surface area contributed by atoms with Gasteiger partial charge < -0.3 is 15.2 Å². The van der Waals surface area contributed by atoms with E-state index in [1.165, 1.54) is 19.3 Å². The van der Waals surface area contributed by atoms with E-state index in [2.05, 4.69) is 21.0 Å². The van der Waals surface area contributed by atoms with Crippen molar-refractivity contribution in [2.45, 2.75) is 57.2 Å². The lowest BCUT2D eigenvalue weighted by molar-refractivity contribution is -0.0848. The van der Waals surface area contributed by atoms with Crippen LogP contribution in [0.4, 0.5) is 0 Å². The van der Waals surface area contributed by atoms with Gasteiger partial charge in [0.1, 0.15) is 0 Å². The highest BCUT2D eigenvalue weighted by atomic mass is 79.9. The van der Waals surface area contributed by atoms with E-state index in [0.717, 1.165) is 23.0 Å². The molecule has 1 aliphatic rings. The maximum Gasteiger partial charge on any atom is 0.0889 e. The molecule has 0 amide bonds. The standard InChI is InChI=1S/C15H26BrN3O2/c1-3-21-15(7-5-4-6-8-15)14(17)13-12(16)11-18-19(13)9-10-20-2/h11,14H,3-10,17H2,1-2H3. The third-order valence-corrected chi connectivity index (χ3v) is 4.94. The quantitative estimate of drug-likeness (QED) is 0.812. The molecule has 2 rings (SSSR count). The lowest BCUT2D eigenvalue weighted by Crippen LogP contribution is -2.46. The normalized spacial score (nSPS) is 19.6. The average Bonchev–Trinajstić information content (AvgIpc) is 2.86. The SMILES string of the molecule is CCOC1(C(N)c2c(Br)cnn2CCOC)CCCCC1. The number of hydrogen-bond acceptors (Lipinski definition) is 4. The Balaban J connectivity index is 2.27. The molecule has 0 radical (unpaired) electrons.